The monoisotopic (exact) mass is 372 g/mol. The van der Waals surface area contributed by atoms with Gasteiger partial charge in [-0.2, -0.15) is 0 Å². The van der Waals surface area contributed by atoms with Gasteiger partial charge in [-0.15, -0.1) is 11.3 Å². The molecule has 0 amide bonds. The van der Waals surface area contributed by atoms with Crippen LogP contribution < -0.4 is 5.32 Å². The highest BCUT2D eigenvalue weighted by Gasteiger charge is 2.03. The van der Waals surface area contributed by atoms with Gasteiger partial charge in [0.2, 0.25) is 0 Å². The highest BCUT2D eigenvalue weighted by molar-refractivity contribution is 9.10. The van der Waals surface area contributed by atoms with Crippen molar-refractivity contribution in [3.63, 3.8) is 0 Å². The van der Waals surface area contributed by atoms with E-state index >= 15 is 0 Å². The van der Waals surface area contributed by atoms with Crippen molar-refractivity contribution in [2.45, 2.75) is 13.1 Å². The molecule has 1 aromatic carbocycles. The van der Waals surface area contributed by atoms with Gasteiger partial charge < -0.3 is 10.2 Å². The molecule has 1 aromatic heterocycles. The standard InChI is InChI=1S/C15H18BrClN2S/c1-19(11-12-4-2-3-5-14(12)16)9-8-18-10-13-6-7-15(17)20-13/h2-7,18H,8-11H2,1H3. The third kappa shape index (κ3) is 5.19. The van der Waals surface area contributed by atoms with Gasteiger partial charge in [0.1, 0.15) is 0 Å². The summed E-state index contributed by atoms with van der Waals surface area (Å²) in [6, 6.07) is 12.4. The molecule has 0 radical (unpaired) electrons. The minimum atomic E-state index is 0.854. The molecular formula is C15H18BrClN2S. The Labute approximate surface area is 137 Å². The minimum Gasteiger partial charge on any atom is -0.311 e. The lowest BCUT2D eigenvalue weighted by Gasteiger charge is -2.17. The summed E-state index contributed by atoms with van der Waals surface area (Å²) >= 11 is 11.1. The second-order valence-electron chi connectivity index (χ2n) is 4.71. The number of hydrogen-bond acceptors (Lipinski definition) is 3. The summed E-state index contributed by atoms with van der Waals surface area (Å²) in [7, 11) is 2.14. The Morgan fingerprint density at radius 2 is 2.05 bits per heavy atom. The van der Waals surface area contributed by atoms with Crippen molar-refractivity contribution in [1.29, 1.82) is 0 Å². The summed E-state index contributed by atoms with van der Waals surface area (Å²) in [5, 5.41) is 3.44. The molecule has 0 fully saturated rings. The van der Waals surface area contributed by atoms with E-state index in [4.69, 9.17) is 11.6 Å². The Morgan fingerprint density at radius 3 is 2.75 bits per heavy atom. The quantitative estimate of drug-likeness (QED) is 0.724. The lowest BCUT2D eigenvalue weighted by molar-refractivity contribution is 0.324. The molecule has 20 heavy (non-hydrogen) atoms. The number of hydrogen-bond donors (Lipinski definition) is 1. The molecule has 0 atom stereocenters. The third-order valence-corrected chi connectivity index (χ3v) is 5.00. The highest BCUT2D eigenvalue weighted by atomic mass is 79.9. The Bertz CT molecular complexity index is 544. The minimum absolute atomic E-state index is 0.854. The van der Waals surface area contributed by atoms with Gasteiger partial charge >= 0.3 is 0 Å². The normalized spacial score (nSPS) is 11.2. The first kappa shape index (κ1) is 16.0. The van der Waals surface area contributed by atoms with E-state index in [0.717, 1.165) is 30.5 Å². The highest BCUT2D eigenvalue weighted by Crippen LogP contribution is 2.21. The molecule has 2 nitrogen and oxygen atoms in total. The Kier molecular flexibility index (Phi) is 6.52. The Balaban J connectivity index is 1.68. The second-order valence-corrected chi connectivity index (χ2v) is 7.37. The van der Waals surface area contributed by atoms with E-state index in [1.807, 2.05) is 12.1 Å². The summed E-state index contributed by atoms with van der Waals surface area (Å²) in [5.74, 6) is 0. The maximum atomic E-state index is 5.91. The molecule has 1 N–H and O–H groups in total. The molecule has 1 heterocycles. The summed E-state index contributed by atoms with van der Waals surface area (Å²) in [6.45, 7) is 3.82. The van der Waals surface area contributed by atoms with Gasteiger partial charge in [-0.05, 0) is 30.8 Å². The molecule has 2 rings (SSSR count). The van der Waals surface area contributed by atoms with E-state index in [2.05, 4.69) is 57.5 Å². The number of thiophene rings is 1. The summed E-state index contributed by atoms with van der Waals surface area (Å²) in [6.07, 6.45) is 0. The van der Waals surface area contributed by atoms with Crippen molar-refractivity contribution in [1.82, 2.24) is 10.2 Å². The number of halogens is 2. The van der Waals surface area contributed by atoms with Gasteiger partial charge in [0.25, 0.3) is 0 Å². The zero-order valence-corrected chi connectivity index (χ0v) is 14.6. The van der Waals surface area contributed by atoms with Crippen LogP contribution >= 0.6 is 38.9 Å². The molecule has 0 bridgehead atoms. The zero-order valence-electron chi connectivity index (χ0n) is 11.4. The molecule has 0 aliphatic carbocycles. The third-order valence-electron chi connectivity index (χ3n) is 3.00. The first-order valence-corrected chi connectivity index (χ1v) is 8.51. The van der Waals surface area contributed by atoms with Gasteiger partial charge in [-0.1, -0.05) is 45.7 Å². The molecule has 0 saturated heterocycles. The first-order valence-electron chi connectivity index (χ1n) is 6.52. The lowest BCUT2D eigenvalue weighted by atomic mass is 10.2. The molecule has 0 aliphatic rings. The predicted molar refractivity (Wildman–Crippen MR) is 91.5 cm³/mol. The van der Waals surface area contributed by atoms with Crippen LogP contribution in [0.3, 0.4) is 0 Å². The van der Waals surface area contributed by atoms with Crippen LogP contribution in [0.2, 0.25) is 4.34 Å². The van der Waals surface area contributed by atoms with Crippen LogP contribution in [0.4, 0.5) is 0 Å². The predicted octanol–water partition coefficient (Wildman–Crippen LogP) is 4.39. The van der Waals surface area contributed by atoms with Crippen LogP contribution in [0.5, 0.6) is 0 Å². The van der Waals surface area contributed by atoms with Crippen molar-refractivity contribution in [2.75, 3.05) is 20.1 Å². The summed E-state index contributed by atoms with van der Waals surface area (Å²) in [5.41, 5.74) is 1.32. The van der Waals surface area contributed by atoms with Gasteiger partial charge in [-0.25, -0.2) is 0 Å². The van der Waals surface area contributed by atoms with E-state index in [1.54, 1.807) is 11.3 Å². The number of rotatable bonds is 7. The van der Waals surface area contributed by atoms with Crippen molar-refractivity contribution >= 4 is 38.9 Å². The van der Waals surface area contributed by atoms with Crippen LogP contribution in [0.1, 0.15) is 10.4 Å². The van der Waals surface area contributed by atoms with E-state index in [-0.39, 0.29) is 0 Å². The number of nitrogens with zero attached hydrogens (tertiary/aromatic N) is 1. The molecule has 0 saturated carbocycles. The van der Waals surface area contributed by atoms with Crippen molar-refractivity contribution in [3.8, 4) is 0 Å². The van der Waals surface area contributed by atoms with Gasteiger partial charge in [0.05, 0.1) is 4.34 Å². The van der Waals surface area contributed by atoms with E-state index in [1.165, 1.54) is 14.9 Å². The fraction of sp³-hybridized carbons (Fsp3) is 0.333. The molecular weight excluding hydrogens is 356 g/mol. The van der Waals surface area contributed by atoms with Gasteiger partial charge in [-0.3, -0.25) is 0 Å². The van der Waals surface area contributed by atoms with Crippen molar-refractivity contribution in [2.24, 2.45) is 0 Å². The fourth-order valence-corrected chi connectivity index (χ4v) is 3.39. The topological polar surface area (TPSA) is 15.3 Å². The largest absolute Gasteiger partial charge is 0.311 e. The lowest BCUT2D eigenvalue weighted by Crippen LogP contribution is -2.28. The van der Waals surface area contributed by atoms with Gasteiger partial charge in [0, 0.05) is 35.5 Å². The van der Waals surface area contributed by atoms with E-state index in [9.17, 15) is 0 Å². The Morgan fingerprint density at radius 1 is 1.25 bits per heavy atom. The average Bonchev–Trinajstić information content (AvgIpc) is 2.83. The molecule has 5 heteroatoms. The number of benzene rings is 1. The van der Waals surface area contributed by atoms with Gasteiger partial charge in [0.15, 0.2) is 0 Å². The van der Waals surface area contributed by atoms with Crippen LogP contribution in [0.15, 0.2) is 40.9 Å². The maximum absolute atomic E-state index is 5.91. The van der Waals surface area contributed by atoms with Crippen molar-refractivity contribution < 1.29 is 0 Å². The fourth-order valence-electron chi connectivity index (χ4n) is 1.92. The maximum Gasteiger partial charge on any atom is 0.0931 e. The molecule has 0 unspecified atom stereocenters. The summed E-state index contributed by atoms with van der Waals surface area (Å²) < 4.78 is 2.03. The SMILES string of the molecule is CN(CCNCc1ccc(Cl)s1)Cc1ccccc1Br. The number of likely N-dealkylation sites (N-methyl/N-ethyl adjacent to an activating group) is 1. The number of nitrogens with one attached hydrogen (secondary N) is 1. The summed E-state index contributed by atoms with van der Waals surface area (Å²) in [4.78, 5) is 3.59. The zero-order chi connectivity index (χ0) is 14.4. The van der Waals surface area contributed by atoms with Crippen molar-refractivity contribution in [3.05, 3.63) is 55.6 Å². The van der Waals surface area contributed by atoms with E-state index in [0.29, 0.717) is 0 Å². The Hall–Kier alpha value is -0.390. The average molecular weight is 374 g/mol. The second kappa shape index (κ2) is 8.15. The smallest absolute Gasteiger partial charge is 0.0931 e. The van der Waals surface area contributed by atoms with Crippen LogP contribution in [0, 0.1) is 0 Å². The molecule has 0 aliphatic heterocycles. The van der Waals surface area contributed by atoms with Crippen LogP contribution in [-0.2, 0) is 13.1 Å². The molecule has 0 spiro atoms. The van der Waals surface area contributed by atoms with Crippen LogP contribution in [0.25, 0.3) is 0 Å². The molecule has 2 aromatic rings. The van der Waals surface area contributed by atoms with E-state index < -0.39 is 0 Å². The molecule has 108 valence electrons. The van der Waals surface area contributed by atoms with Crippen LogP contribution in [-0.4, -0.2) is 25.0 Å². The first-order chi connectivity index (χ1) is 9.65.